The van der Waals surface area contributed by atoms with E-state index < -0.39 is 6.10 Å². The smallest absolute Gasteiger partial charge is 0.280 e. The first-order valence-corrected chi connectivity index (χ1v) is 12.6. The van der Waals surface area contributed by atoms with Gasteiger partial charge in [-0.1, -0.05) is 6.92 Å². The largest absolute Gasteiger partial charge is 0.391 e. The van der Waals surface area contributed by atoms with Gasteiger partial charge in [0.25, 0.3) is 11.8 Å². The second-order valence-corrected chi connectivity index (χ2v) is 10.2. The molecule has 8 nitrogen and oxygen atoms in total. The summed E-state index contributed by atoms with van der Waals surface area (Å²) in [5.74, 6) is 0.294. The van der Waals surface area contributed by atoms with Crippen LogP contribution in [0.1, 0.15) is 78.7 Å². The first-order chi connectivity index (χ1) is 15.8. The summed E-state index contributed by atoms with van der Waals surface area (Å²) in [7, 11) is 0. The molecule has 0 aromatic carbocycles. The Labute approximate surface area is 198 Å². The fourth-order valence-corrected chi connectivity index (χ4v) is 5.26. The van der Waals surface area contributed by atoms with Crippen LogP contribution in [0, 0.1) is 6.92 Å². The highest BCUT2D eigenvalue weighted by Gasteiger charge is 2.34. The molecule has 4 rings (SSSR count). The maximum Gasteiger partial charge on any atom is 0.280 e. The summed E-state index contributed by atoms with van der Waals surface area (Å²) in [6.45, 7) is 8.94. The standard InChI is InChI=1S/C24H33N5O3S/c1-5-14(3)26-19-11-13(2)16(12-25-19)21-20(24(32)29-10-6-7-15(29)4)28-23(33-21)22(31)27-17-8-9-18(17)30/h11-12,14-15,17-18,30H,5-10H2,1-4H3,(H,25,26)(H,27,31)/t14-,15+,17+,18-/m1/s1. The normalized spacial score (nSPS) is 23.2. The van der Waals surface area contributed by atoms with Crippen LogP contribution in [0.5, 0.6) is 0 Å². The van der Waals surface area contributed by atoms with Gasteiger partial charge in [-0.25, -0.2) is 9.97 Å². The lowest BCUT2D eigenvalue weighted by Gasteiger charge is -2.32. The minimum atomic E-state index is -0.517. The van der Waals surface area contributed by atoms with Crippen LogP contribution in [0.15, 0.2) is 12.3 Å². The number of nitrogens with one attached hydrogen (secondary N) is 2. The van der Waals surface area contributed by atoms with Crippen LogP contribution < -0.4 is 10.6 Å². The van der Waals surface area contributed by atoms with Gasteiger partial charge in [-0.3, -0.25) is 9.59 Å². The average Bonchev–Trinajstić information content (AvgIpc) is 3.42. The molecule has 3 heterocycles. The zero-order valence-electron chi connectivity index (χ0n) is 19.7. The highest BCUT2D eigenvalue weighted by molar-refractivity contribution is 7.17. The summed E-state index contributed by atoms with van der Waals surface area (Å²) < 4.78 is 0. The number of nitrogens with zero attached hydrogens (tertiary/aromatic N) is 3. The maximum absolute atomic E-state index is 13.5. The Kier molecular flexibility index (Phi) is 6.99. The van der Waals surface area contributed by atoms with E-state index in [-0.39, 0.29) is 28.9 Å². The number of amides is 2. The number of aliphatic hydroxyl groups excluding tert-OH is 1. The van der Waals surface area contributed by atoms with E-state index in [2.05, 4.69) is 34.4 Å². The Bertz CT molecular complexity index is 1040. The van der Waals surface area contributed by atoms with Crippen molar-refractivity contribution in [3.05, 3.63) is 28.5 Å². The molecule has 4 atom stereocenters. The number of hydrogen-bond donors (Lipinski definition) is 3. The van der Waals surface area contributed by atoms with E-state index in [1.807, 2.05) is 24.8 Å². The van der Waals surface area contributed by atoms with Crippen molar-refractivity contribution in [2.24, 2.45) is 0 Å². The number of aryl methyl sites for hydroxylation is 1. The Morgan fingerprint density at radius 1 is 1.33 bits per heavy atom. The number of carbonyl (C=O) groups is 2. The van der Waals surface area contributed by atoms with Gasteiger partial charge in [0.2, 0.25) is 0 Å². The highest BCUT2D eigenvalue weighted by atomic mass is 32.1. The molecule has 178 valence electrons. The molecule has 2 aliphatic rings. The summed E-state index contributed by atoms with van der Waals surface area (Å²) >= 11 is 1.21. The van der Waals surface area contributed by atoms with Crippen molar-refractivity contribution < 1.29 is 14.7 Å². The zero-order valence-corrected chi connectivity index (χ0v) is 20.5. The van der Waals surface area contributed by atoms with Crippen LogP contribution in [0.2, 0.25) is 0 Å². The highest BCUT2D eigenvalue weighted by Crippen LogP contribution is 2.35. The lowest BCUT2D eigenvalue weighted by atomic mass is 9.89. The molecular formula is C24H33N5O3S. The van der Waals surface area contributed by atoms with E-state index in [4.69, 9.17) is 0 Å². The maximum atomic E-state index is 13.5. The van der Waals surface area contributed by atoms with E-state index >= 15 is 0 Å². The van der Waals surface area contributed by atoms with Crippen molar-refractivity contribution in [2.45, 2.75) is 84.0 Å². The molecule has 0 bridgehead atoms. The van der Waals surface area contributed by atoms with Crippen molar-refractivity contribution in [1.29, 1.82) is 0 Å². The minimum Gasteiger partial charge on any atom is -0.391 e. The molecule has 2 aromatic rings. The number of likely N-dealkylation sites (tertiary alicyclic amines) is 1. The van der Waals surface area contributed by atoms with Crippen LogP contribution in [-0.2, 0) is 0 Å². The molecule has 1 aliphatic heterocycles. The van der Waals surface area contributed by atoms with Gasteiger partial charge in [0.15, 0.2) is 5.01 Å². The number of carbonyl (C=O) groups excluding carboxylic acids is 2. The number of anilines is 1. The number of thiazole rings is 1. The molecular weight excluding hydrogens is 438 g/mol. The van der Waals surface area contributed by atoms with Crippen molar-refractivity contribution in [3.8, 4) is 10.4 Å². The number of aromatic nitrogens is 2. The monoisotopic (exact) mass is 471 g/mol. The van der Waals surface area contributed by atoms with E-state index in [1.54, 1.807) is 6.20 Å². The topological polar surface area (TPSA) is 107 Å². The minimum absolute atomic E-state index is 0.143. The summed E-state index contributed by atoms with van der Waals surface area (Å²) in [5, 5.41) is 16.3. The first-order valence-electron chi connectivity index (χ1n) is 11.8. The Hall–Kier alpha value is -2.52. The molecule has 0 unspecified atom stereocenters. The number of pyridine rings is 1. The molecule has 1 saturated heterocycles. The van der Waals surface area contributed by atoms with Gasteiger partial charge in [0.05, 0.1) is 17.0 Å². The van der Waals surface area contributed by atoms with Crippen molar-refractivity contribution in [1.82, 2.24) is 20.2 Å². The Morgan fingerprint density at radius 3 is 2.70 bits per heavy atom. The predicted molar refractivity (Wildman–Crippen MR) is 130 cm³/mol. The summed E-state index contributed by atoms with van der Waals surface area (Å²) in [6, 6.07) is 2.17. The van der Waals surface area contributed by atoms with Gasteiger partial charge in [-0.05, 0) is 64.5 Å². The van der Waals surface area contributed by atoms with Crippen molar-refractivity contribution >= 4 is 29.0 Å². The third-order valence-corrected chi connectivity index (χ3v) is 7.84. The second kappa shape index (κ2) is 9.77. The van der Waals surface area contributed by atoms with Crippen LogP contribution in [-0.4, -0.2) is 62.6 Å². The van der Waals surface area contributed by atoms with Gasteiger partial charge in [0, 0.05) is 30.4 Å². The van der Waals surface area contributed by atoms with E-state index in [9.17, 15) is 14.7 Å². The summed E-state index contributed by atoms with van der Waals surface area (Å²) in [4.78, 5) is 37.9. The van der Waals surface area contributed by atoms with Crippen LogP contribution in [0.3, 0.4) is 0 Å². The molecule has 1 aliphatic carbocycles. The van der Waals surface area contributed by atoms with Gasteiger partial charge in [-0.2, -0.15) is 0 Å². The number of rotatable bonds is 7. The zero-order chi connectivity index (χ0) is 23.7. The third kappa shape index (κ3) is 4.89. The van der Waals surface area contributed by atoms with Gasteiger partial charge in [0.1, 0.15) is 11.5 Å². The molecule has 33 heavy (non-hydrogen) atoms. The summed E-state index contributed by atoms with van der Waals surface area (Å²) in [6.07, 6.45) is 5.59. The van der Waals surface area contributed by atoms with Crippen molar-refractivity contribution in [3.63, 3.8) is 0 Å². The first kappa shape index (κ1) is 23.6. The van der Waals surface area contributed by atoms with E-state index in [0.717, 1.165) is 42.6 Å². The van der Waals surface area contributed by atoms with E-state index in [0.29, 0.717) is 29.6 Å². The molecule has 1 saturated carbocycles. The van der Waals surface area contributed by atoms with Crippen LogP contribution >= 0.6 is 11.3 Å². The van der Waals surface area contributed by atoms with Crippen LogP contribution in [0.25, 0.3) is 10.4 Å². The molecule has 9 heteroatoms. The van der Waals surface area contributed by atoms with Gasteiger partial charge < -0.3 is 20.6 Å². The second-order valence-electron chi connectivity index (χ2n) is 9.25. The quantitative estimate of drug-likeness (QED) is 0.570. The molecule has 2 aromatic heterocycles. The van der Waals surface area contributed by atoms with E-state index in [1.165, 1.54) is 11.3 Å². The Balaban J connectivity index is 1.68. The van der Waals surface area contributed by atoms with Gasteiger partial charge >= 0.3 is 0 Å². The van der Waals surface area contributed by atoms with Gasteiger partial charge in [-0.15, -0.1) is 11.3 Å². The number of aliphatic hydroxyl groups is 1. The molecule has 0 radical (unpaired) electrons. The molecule has 2 fully saturated rings. The number of hydrogen-bond acceptors (Lipinski definition) is 7. The fourth-order valence-electron chi connectivity index (χ4n) is 4.22. The summed E-state index contributed by atoms with van der Waals surface area (Å²) in [5.41, 5.74) is 2.07. The molecule has 2 amide bonds. The fraction of sp³-hybridized carbons (Fsp3) is 0.583. The Morgan fingerprint density at radius 2 is 2.12 bits per heavy atom. The average molecular weight is 472 g/mol. The lowest BCUT2D eigenvalue weighted by Crippen LogP contribution is -2.50. The van der Waals surface area contributed by atoms with Crippen LogP contribution in [0.4, 0.5) is 5.82 Å². The SMILES string of the molecule is CC[C@@H](C)Nc1cc(C)c(-c2sc(C(=O)N[C@H]3CC[C@H]3O)nc2C(=O)N2CCC[C@@H]2C)cn1. The molecule has 0 spiro atoms. The third-order valence-electron chi connectivity index (χ3n) is 6.75. The predicted octanol–water partition coefficient (Wildman–Crippen LogP) is 3.60. The molecule has 3 N–H and O–H groups in total. The lowest BCUT2D eigenvalue weighted by molar-refractivity contribution is 0.0447. The van der Waals surface area contributed by atoms with Crippen molar-refractivity contribution in [2.75, 3.05) is 11.9 Å².